The highest BCUT2D eigenvalue weighted by Gasteiger charge is 2.15. The molecule has 2 atom stereocenters. The summed E-state index contributed by atoms with van der Waals surface area (Å²) < 4.78 is 4.12. The van der Waals surface area contributed by atoms with Gasteiger partial charge in [0.15, 0.2) is 0 Å². The molecule has 15 heavy (non-hydrogen) atoms. The second-order valence-electron chi connectivity index (χ2n) is 2.53. The molecule has 1 unspecified atom stereocenters. The highest BCUT2D eigenvalue weighted by atomic mass is 33.1. The van der Waals surface area contributed by atoms with Gasteiger partial charge in [0.25, 0.3) is 0 Å². The molecule has 0 rings (SSSR count). The standard InChI is InChI=1S/C6H12N2O4S3/c7-3(5(9)10)1-14-15-2-4(8)6(11)12-13/h3-4,13H,1-2,7-8H2,(H,9,10)/t3?,4-/m0/s1. The highest BCUT2D eigenvalue weighted by molar-refractivity contribution is 8.76. The number of rotatable bonds is 7. The SMILES string of the molecule is NC(CSSC[C@H](N)C(=O)OS)C(=O)O. The van der Waals surface area contributed by atoms with Crippen LogP contribution in [0.25, 0.3) is 0 Å². The molecule has 5 N–H and O–H groups in total. The first-order valence-corrected chi connectivity index (χ1v) is 6.68. The summed E-state index contributed by atoms with van der Waals surface area (Å²) in [5.74, 6) is -1.10. The van der Waals surface area contributed by atoms with E-state index in [4.69, 9.17) is 16.6 Å². The molecule has 0 radical (unpaired) electrons. The molecule has 0 heterocycles. The van der Waals surface area contributed by atoms with Gasteiger partial charge >= 0.3 is 11.9 Å². The molecule has 0 spiro atoms. The van der Waals surface area contributed by atoms with Crippen LogP contribution in [0, 0.1) is 0 Å². The fourth-order valence-electron chi connectivity index (χ4n) is 0.450. The van der Waals surface area contributed by atoms with Crippen molar-refractivity contribution >= 4 is 46.4 Å². The highest BCUT2D eigenvalue weighted by Crippen LogP contribution is 2.22. The van der Waals surface area contributed by atoms with Crippen molar-refractivity contribution in [2.75, 3.05) is 11.5 Å². The summed E-state index contributed by atoms with van der Waals surface area (Å²) in [6.45, 7) is 0. The van der Waals surface area contributed by atoms with Gasteiger partial charge in [0.2, 0.25) is 0 Å². The fourth-order valence-corrected chi connectivity index (χ4v) is 2.81. The number of carbonyl (C=O) groups is 2. The largest absolute Gasteiger partial charge is 0.480 e. The average Bonchev–Trinajstić information content (AvgIpc) is 2.22. The third-order valence-corrected chi connectivity index (χ3v) is 3.94. The van der Waals surface area contributed by atoms with Gasteiger partial charge < -0.3 is 20.8 Å². The number of hydrogen-bond acceptors (Lipinski definition) is 8. The van der Waals surface area contributed by atoms with Crippen LogP contribution in [0.1, 0.15) is 0 Å². The van der Waals surface area contributed by atoms with Crippen molar-refractivity contribution in [1.29, 1.82) is 0 Å². The molecule has 0 saturated carbocycles. The van der Waals surface area contributed by atoms with Crippen molar-refractivity contribution in [3.63, 3.8) is 0 Å². The number of hydrogen-bond donors (Lipinski definition) is 4. The molecule has 0 aromatic rings. The third-order valence-electron chi connectivity index (χ3n) is 1.29. The van der Waals surface area contributed by atoms with Crippen molar-refractivity contribution in [3.8, 4) is 0 Å². The Kier molecular flexibility index (Phi) is 8.06. The van der Waals surface area contributed by atoms with Crippen LogP contribution < -0.4 is 11.5 Å². The van der Waals surface area contributed by atoms with E-state index in [1.807, 2.05) is 0 Å². The molecule has 0 bridgehead atoms. The fraction of sp³-hybridized carbons (Fsp3) is 0.667. The Labute approximate surface area is 100 Å². The van der Waals surface area contributed by atoms with E-state index in [9.17, 15) is 9.59 Å². The number of thiol groups is 1. The summed E-state index contributed by atoms with van der Waals surface area (Å²) in [6, 6.07) is -1.67. The quantitative estimate of drug-likeness (QED) is 0.212. The topological polar surface area (TPSA) is 116 Å². The molecular formula is C6H12N2O4S3. The predicted molar refractivity (Wildman–Crippen MR) is 63.6 cm³/mol. The minimum Gasteiger partial charge on any atom is -0.480 e. The van der Waals surface area contributed by atoms with Gasteiger partial charge in [0, 0.05) is 24.4 Å². The van der Waals surface area contributed by atoms with Crippen LogP contribution in [-0.2, 0) is 13.8 Å². The molecule has 0 aliphatic rings. The number of nitrogens with two attached hydrogens (primary N) is 2. The second kappa shape index (κ2) is 8.11. The predicted octanol–water partition coefficient (Wildman–Crippen LogP) is -0.505. The lowest BCUT2D eigenvalue weighted by Gasteiger charge is -2.08. The molecular weight excluding hydrogens is 260 g/mol. The molecule has 9 heteroatoms. The summed E-state index contributed by atoms with van der Waals surface area (Å²) in [5, 5.41) is 8.46. The Morgan fingerprint density at radius 1 is 1.27 bits per heavy atom. The summed E-state index contributed by atoms with van der Waals surface area (Å²) in [6.07, 6.45) is 0. The lowest BCUT2D eigenvalue weighted by atomic mass is 10.4. The summed E-state index contributed by atoms with van der Waals surface area (Å²) in [7, 11) is 2.51. The zero-order valence-corrected chi connectivity index (χ0v) is 10.2. The van der Waals surface area contributed by atoms with E-state index in [0.29, 0.717) is 5.75 Å². The smallest absolute Gasteiger partial charge is 0.335 e. The third kappa shape index (κ3) is 6.90. The van der Waals surface area contributed by atoms with E-state index < -0.39 is 24.0 Å². The first-order chi connectivity index (χ1) is 6.99. The Hall–Kier alpha value is -0.0900. The summed E-state index contributed by atoms with van der Waals surface area (Å²) >= 11 is 3.32. The molecule has 88 valence electrons. The van der Waals surface area contributed by atoms with Gasteiger partial charge in [-0.2, -0.15) is 0 Å². The van der Waals surface area contributed by atoms with Gasteiger partial charge in [-0.1, -0.05) is 21.6 Å². The van der Waals surface area contributed by atoms with Crippen LogP contribution in [0.2, 0.25) is 0 Å². The Balaban J connectivity index is 3.54. The monoisotopic (exact) mass is 272 g/mol. The van der Waals surface area contributed by atoms with Gasteiger partial charge in [-0.3, -0.25) is 4.79 Å². The van der Waals surface area contributed by atoms with Crippen LogP contribution in [0.3, 0.4) is 0 Å². The molecule has 0 aliphatic carbocycles. The maximum atomic E-state index is 10.8. The lowest BCUT2D eigenvalue weighted by molar-refractivity contribution is -0.138. The Morgan fingerprint density at radius 2 is 1.73 bits per heavy atom. The molecule has 0 aliphatic heterocycles. The number of carboxylic acids is 1. The van der Waals surface area contributed by atoms with Crippen molar-refractivity contribution < 1.29 is 18.9 Å². The van der Waals surface area contributed by atoms with Crippen LogP contribution in [0.15, 0.2) is 0 Å². The molecule has 0 saturated heterocycles. The van der Waals surface area contributed by atoms with E-state index in [2.05, 4.69) is 17.1 Å². The minimum absolute atomic E-state index is 0.253. The van der Waals surface area contributed by atoms with Crippen LogP contribution in [0.5, 0.6) is 0 Å². The summed E-state index contributed by atoms with van der Waals surface area (Å²) in [4.78, 5) is 21.1. The van der Waals surface area contributed by atoms with Crippen LogP contribution in [0.4, 0.5) is 0 Å². The first kappa shape index (κ1) is 14.9. The first-order valence-electron chi connectivity index (χ1n) is 3.82. The number of carbonyl (C=O) groups excluding carboxylic acids is 1. The maximum absolute atomic E-state index is 10.8. The van der Waals surface area contributed by atoms with Crippen LogP contribution in [-0.4, -0.2) is 40.6 Å². The van der Waals surface area contributed by atoms with Crippen molar-refractivity contribution in [2.45, 2.75) is 12.1 Å². The normalized spacial score (nSPS) is 14.3. The van der Waals surface area contributed by atoms with Gasteiger partial charge in [-0.05, 0) is 0 Å². The zero-order valence-electron chi connectivity index (χ0n) is 7.66. The molecule has 0 fully saturated rings. The van der Waals surface area contributed by atoms with E-state index in [0.717, 1.165) is 0 Å². The summed E-state index contributed by atoms with van der Waals surface area (Å²) in [5.41, 5.74) is 10.6. The van der Waals surface area contributed by atoms with Crippen molar-refractivity contribution in [1.82, 2.24) is 0 Å². The lowest BCUT2D eigenvalue weighted by Crippen LogP contribution is -2.33. The van der Waals surface area contributed by atoms with Gasteiger partial charge in [0.05, 0.1) is 0 Å². The molecule has 0 aromatic carbocycles. The Morgan fingerprint density at radius 3 is 2.13 bits per heavy atom. The molecule has 0 amide bonds. The molecule has 6 nitrogen and oxygen atoms in total. The van der Waals surface area contributed by atoms with E-state index >= 15 is 0 Å². The minimum atomic E-state index is -1.05. The van der Waals surface area contributed by atoms with E-state index in [-0.39, 0.29) is 5.75 Å². The molecule has 0 aromatic heterocycles. The van der Waals surface area contributed by atoms with Crippen molar-refractivity contribution in [3.05, 3.63) is 0 Å². The van der Waals surface area contributed by atoms with Crippen LogP contribution >= 0.6 is 34.5 Å². The zero-order chi connectivity index (χ0) is 11.8. The Bertz CT molecular complexity index is 228. The van der Waals surface area contributed by atoms with Gasteiger partial charge in [0.1, 0.15) is 12.1 Å². The second-order valence-corrected chi connectivity index (χ2v) is 5.27. The van der Waals surface area contributed by atoms with E-state index in [1.165, 1.54) is 21.6 Å². The van der Waals surface area contributed by atoms with Crippen molar-refractivity contribution in [2.24, 2.45) is 11.5 Å². The van der Waals surface area contributed by atoms with Gasteiger partial charge in [-0.15, -0.1) is 0 Å². The number of aliphatic carboxylic acids is 1. The number of carboxylic acid groups (broad SMARTS) is 1. The maximum Gasteiger partial charge on any atom is 0.335 e. The van der Waals surface area contributed by atoms with E-state index in [1.54, 1.807) is 0 Å². The average molecular weight is 272 g/mol. The van der Waals surface area contributed by atoms with Gasteiger partial charge in [-0.25, -0.2) is 4.79 Å².